The summed E-state index contributed by atoms with van der Waals surface area (Å²) in [6.07, 6.45) is 7.58. The maximum atomic E-state index is 6.12. The summed E-state index contributed by atoms with van der Waals surface area (Å²) in [6, 6.07) is 9.94. The van der Waals surface area contributed by atoms with Crippen LogP contribution < -0.4 is 5.32 Å². The molecule has 2 nitrogen and oxygen atoms in total. The summed E-state index contributed by atoms with van der Waals surface area (Å²) >= 11 is 0. The Morgan fingerprint density at radius 1 is 1.20 bits per heavy atom. The van der Waals surface area contributed by atoms with Crippen molar-refractivity contribution in [2.75, 3.05) is 6.61 Å². The van der Waals surface area contributed by atoms with Crippen LogP contribution in [0.5, 0.6) is 0 Å². The lowest BCUT2D eigenvalue weighted by Crippen LogP contribution is -2.46. The zero-order chi connectivity index (χ0) is 14.0. The van der Waals surface area contributed by atoms with Gasteiger partial charge in [-0.15, -0.1) is 0 Å². The molecule has 1 spiro atoms. The second-order valence-corrected chi connectivity index (χ2v) is 6.73. The molecule has 2 heteroatoms. The number of nitrogens with one attached hydrogen (secondary N) is 1. The van der Waals surface area contributed by atoms with E-state index in [0.717, 1.165) is 13.0 Å². The molecule has 1 saturated heterocycles. The largest absolute Gasteiger partial charge is 0.375 e. The van der Waals surface area contributed by atoms with Crippen molar-refractivity contribution in [3.8, 4) is 0 Å². The third-order valence-electron chi connectivity index (χ3n) is 5.07. The molecule has 1 aliphatic heterocycles. The molecule has 2 aliphatic rings. The molecule has 1 aromatic carbocycles. The molecule has 0 bridgehead atoms. The SMILES string of the molecule is Cc1ccc([C@H](C)NC2CCOC3(CCCC3)C2)cc1. The molecule has 0 radical (unpaired) electrons. The van der Waals surface area contributed by atoms with E-state index in [4.69, 9.17) is 4.74 Å². The Kier molecular flexibility index (Phi) is 4.13. The van der Waals surface area contributed by atoms with Gasteiger partial charge in [-0.1, -0.05) is 42.7 Å². The minimum absolute atomic E-state index is 0.211. The molecule has 1 unspecified atom stereocenters. The highest BCUT2D eigenvalue weighted by Crippen LogP contribution is 2.40. The first-order chi connectivity index (χ1) is 9.67. The number of ether oxygens (including phenoxy) is 1. The third-order valence-corrected chi connectivity index (χ3v) is 5.07. The van der Waals surface area contributed by atoms with Crippen molar-refractivity contribution >= 4 is 0 Å². The van der Waals surface area contributed by atoms with E-state index >= 15 is 0 Å². The van der Waals surface area contributed by atoms with Crippen LogP contribution in [0.1, 0.15) is 62.6 Å². The van der Waals surface area contributed by atoms with Crippen molar-refractivity contribution in [1.82, 2.24) is 5.32 Å². The highest BCUT2D eigenvalue weighted by molar-refractivity contribution is 5.23. The molecular weight excluding hydrogens is 246 g/mol. The zero-order valence-electron chi connectivity index (χ0n) is 12.8. The van der Waals surface area contributed by atoms with Crippen LogP contribution in [0.15, 0.2) is 24.3 Å². The molecule has 3 rings (SSSR count). The molecule has 1 heterocycles. The number of benzene rings is 1. The zero-order valence-corrected chi connectivity index (χ0v) is 12.8. The molecule has 1 saturated carbocycles. The monoisotopic (exact) mass is 273 g/mol. The van der Waals surface area contributed by atoms with Gasteiger partial charge in [-0.3, -0.25) is 0 Å². The van der Waals surface area contributed by atoms with E-state index in [0.29, 0.717) is 12.1 Å². The lowest BCUT2D eigenvalue weighted by molar-refractivity contribution is -0.0846. The topological polar surface area (TPSA) is 21.3 Å². The van der Waals surface area contributed by atoms with Gasteiger partial charge in [-0.2, -0.15) is 0 Å². The third kappa shape index (κ3) is 3.07. The number of hydrogen-bond acceptors (Lipinski definition) is 2. The van der Waals surface area contributed by atoms with E-state index in [2.05, 4.69) is 43.4 Å². The first-order valence-corrected chi connectivity index (χ1v) is 8.13. The highest BCUT2D eigenvalue weighted by atomic mass is 16.5. The fraction of sp³-hybridized carbons (Fsp3) is 0.667. The molecule has 1 N–H and O–H groups in total. The average Bonchev–Trinajstić information content (AvgIpc) is 2.87. The van der Waals surface area contributed by atoms with Gasteiger partial charge >= 0.3 is 0 Å². The van der Waals surface area contributed by atoms with Crippen molar-refractivity contribution in [3.63, 3.8) is 0 Å². The van der Waals surface area contributed by atoms with Gasteiger partial charge in [-0.25, -0.2) is 0 Å². The van der Waals surface area contributed by atoms with Crippen molar-refractivity contribution in [1.29, 1.82) is 0 Å². The van der Waals surface area contributed by atoms with Crippen LogP contribution in [-0.2, 0) is 4.74 Å². The second kappa shape index (κ2) is 5.87. The lowest BCUT2D eigenvalue weighted by Gasteiger charge is -2.39. The number of aryl methyl sites for hydroxylation is 1. The molecule has 0 amide bonds. The molecule has 110 valence electrons. The van der Waals surface area contributed by atoms with Gasteiger partial charge in [0.05, 0.1) is 5.60 Å². The van der Waals surface area contributed by atoms with Crippen LogP contribution >= 0.6 is 0 Å². The Balaban J connectivity index is 1.60. The van der Waals surface area contributed by atoms with E-state index in [9.17, 15) is 0 Å². The molecule has 0 aromatic heterocycles. The summed E-state index contributed by atoms with van der Waals surface area (Å²) in [4.78, 5) is 0. The molecular formula is C18H27NO. The molecule has 2 fully saturated rings. The van der Waals surface area contributed by atoms with E-state index in [-0.39, 0.29) is 5.60 Å². The fourth-order valence-electron chi connectivity index (χ4n) is 3.84. The van der Waals surface area contributed by atoms with Crippen LogP contribution in [0.25, 0.3) is 0 Å². The minimum Gasteiger partial charge on any atom is -0.375 e. The molecule has 1 aromatic rings. The maximum Gasteiger partial charge on any atom is 0.0697 e. The maximum absolute atomic E-state index is 6.12. The predicted octanol–water partition coefficient (Wildman–Crippen LogP) is 4.14. The van der Waals surface area contributed by atoms with Crippen molar-refractivity contribution in [2.45, 2.75) is 70.1 Å². The summed E-state index contributed by atoms with van der Waals surface area (Å²) in [6.45, 7) is 5.35. The van der Waals surface area contributed by atoms with E-state index in [1.165, 1.54) is 43.2 Å². The lowest BCUT2D eigenvalue weighted by atomic mass is 9.88. The van der Waals surface area contributed by atoms with Gasteiger partial charge < -0.3 is 10.1 Å². The fourth-order valence-corrected chi connectivity index (χ4v) is 3.84. The quantitative estimate of drug-likeness (QED) is 0.893. The predicted molar refractivity (Wildman–Crippen MR) is 82.9 cm³/mol. The Labute approximate surface area is 122 Å². The minimum atomic E-state index is 0.211. The first kappa shape index (κ1) is 14.1. The Bertz CT molecular complexity index is 433. The van der Waals surface area contributed by atoms with E-state index in [1.807, 2.05) is 0 Å². The summed E-state index contributed by atoms with van der Waals surface area (Å²) in [5.74, 6) is 0. The summed E-state index contributed by atoms with van der Waals surface area (Å²) in [7, 11) is 0. The molecule has 2 atom stereocenters. The second-order valence-electron chi connectivity index (χ2n) is 6.73. The van der Waals surface area contributed by atoms with E-state index < -0.39 is 0 Å². The molecule has 1 aliphatic carbocycles. The average molecular weight is 273 g/mol. The summed E-state index contributed by atoms with van der Waals surface area (Å²) in [5, 5.41) is 3.83. The van der Waals surface area contributed by atoms with Crippen LogP contribution in [0.3, 0.4) is 0 Å². The number of rotatable bonds is 3. The normalized spacial score (nSPS) is 26.8. The first-order valence-electron chi connectivity index (χ1n) is 8.13. The Hall–Kier alpha value is -0.860. The molecule has 20 heavy (non-hydrogen) atoms. The summed E-state index contributed by atoms with van der Waals surface area (Å²) in [5.41, 5.74) is 2.93. The van der Waals surface area contributed by atoms with Crippen LogP contribution in [0.4, 0.5) is 0 Å². The van der Waals surface area contributed by atoms with Gasteiger partial charge in [0.2, 0.25) is 0 Å². The van der Waals surface area contributed by atoms with Gasteiger partial charge in [0.15, 0.2) is 0 Å². The van der Waals surface area contributed by atoms with Crippen LogP contribution in [0, 0.1) is 6.92 Å². The smallest absolute Gasteiger partial charge is 0.0697 e. The van der Waals surface area contributed by atoms with Crippen molar-refractivity contribution in [3.05, 3.63) is 35.4 Å². The van der Waals surface area contributed by atoms with Crippen molar-refractivity contribution < 1.29 is 4.74 Å². The Morgan fingerprint density at radius 2 is 1.90 bits per heavy atom. The van der Waals surface area contributed by atoms with Crippen LogP contribution in [0.2, 0.25) is 0 Å². The van der Waals surface area contributed by atoms with Gasteiger partial charge in [0, 0.05) is 18.7 Å². The van der Waals surface area contributed by atoms with Crippen LogP contribution in [-0.4, -0.2) is 18.2 Å². The number of hydrogen-bond donors (Lipinski definition) is 1. The summed E-state index contributed by atoms with van der Waals surface area (Å²) < 4.78 is 6.12. The van der Waals surface area contributed by atoms with E-state index in [1.54, 1.807) is 0 Å². The Morgan fingerprint density at radius 3 is 2.60 bits per heavy atom. The standard InChI is InChI=1S/C18H27NO/c1-14-5-7-16(8-6-14)15(2)19-17-9-12-20-18(13-17)10-3-4-11-18/h5-8,15,17,19H,3-4,9-13H2,1-2H3/t15-,17?/m0/s1. The van der Waals surface area contributed by atoms with Gasteiger partial charge in [0.25, 0.3) is 0 Å². The van der Waals surface area contributed by atoms with Crippen molar-refractivity contribution in [2.24, 2.45) is 0 Å². The van der Waals surface area contributed by atoms with Gasteiger partial charge in [-0.05, 0) is 45.1 Å². The highest BCUT2D eigenvalue weighted by Gasteiger charge is 2.40. The van der Waals surface area contributed by atoms with Gasteiger partial charge in [0.1, 0.15) is 0 Å².